The van der Waals surface area contributed by atoms with Gasteiger partial charge in [0.15, 0.2) is 16.6 Å². The molecule has 0 unspecified atom stereocenters. The van der Waals surface area contributed by atoms with Gasteiger partial charge in [-0.25, -0.2) is 0 Å². The van der Waals surface area contributed by atoms with Crippen LogP contribution in [-0.2, 0) is 6.54 Å². The van der Waals surface area contributed by atoms with Crippen LogP contribution in [0.3, 0.4) is 0 Å². The van der Waals surface area contributed by atoms with Crippen LogP contribution in [0.1, 0.15) is 29.8 Å². The van der Waals surface area contributed by atoms with Crippen molar-refractivity contribution in [1.29, 1.82) is 0 Å². The summed E-state index contributed by atoms with van der Waals surface area (Å²) in [6, 6.07) is 8.55. The van der Waals surface area contributed by atoms with Gasteiger partial charge in [0.1, 0.15) is 5.75 Å². The summed E-state index contributed by atoms with van der Waals surface area (Å²) in [6.07, 6.45) is 0. The Hall–Kier alpha value is -2.03. The van der Waals surface area contributed by atoms with Gasteiger partial charge >= 0.3 is 0 Å². The van der Waals surface area contributed by atoms with Crippen molar-refractivity contribution in [2.45, 2.75) is 20.4 Å². The van der Waals surface area contributed by atoms with E-state index in [0.29, 0.717) is 51.4 Å². The molecule has 0 bridgehead atoms. The topological polar surface area (TPSA) is 68.8 Å². The van der Waals surface area contributed by atoms with Gasteiger partial charge in [-0.05, 0) is 63.9 Å². The number of rotatable bonds is 8. The number of hydrogen-bond donors (Lipinski definition) is 2. The average Bonchev–Trinajstić information content (AvgIpc) is 2.71. The molecule has 2 aromatic carbocycles. The lowest BCUT2D eigenvalue weighted by Crippen LogP contribution is -2.38. The minimum Gasteiger partial charge on any atom is -0.493 e. The second kappa shape index (κ2) is 11.4. The highest BCUT2D eigenvalue weighted by Gasteiger charge is 2.13. The molecule has 0 atom stereocenters. The van der Waals surface area contributed by atoms with Crippen molar-refractivity contribution in [3.63, 3.8) is 0 Å². The summed E-state index contributed by atoms with van der Waals surface area (Å²) in [5, 5.41) is 6.30. The summed E-state index contributed by atoms with van der Waals surface area (Å²) in [7, 11) is 3.09. The molecule has 0 aliphatic rings. The predicted octanol–water partition coefficient (Wildman–Crippen LogP) is 4.96. The maximum absolute atomic E-state index is 12.5. The van der Waals surface area contributed by atoms with Crippen molar-refractivity contribution < 1.29 is 19.0 Å². The third-order valence-corrected chi connectivity index (χ3v) is 5.20. The van der Waals surface area contributed by atoms with Crippen molar-refractivity contribution in [1.82, 2.24) is 10.6 Å². The first kappa shape index (κ1) is 24.2. The van der Waals surface area contributed by atoms with Crippen LogP contribution in [0.15, 0.2) is 34.8 Å². The fourth-order valence-electron chi connectivity index (χ4n) is 2.44. The maximum Gasteiger partial charge on any atom is 0.257 e. The lowest BCUT2D eigenvalue weighted by molar-refractivity contribution is 0.0976. The van der Waals surface area contributed by atoms with Crippen LogP contribution < -0.4 is 24.8 Å². The fraction of sp³-hybridized carbons (Fsp3) is 0.333. The normalized spacial score (nSPS) is 10.5. The van der Waals surface area contributed by atoms with Crippen molar-refractivity contribution in [2.24, 2.45) is 5.92 Å². The number of carbonyl (C=O) groups is 1. The zero-order valence-electron chi connectivity index (χ0n) is 17.2. The Morgan fingerprint density at radius 2 is 1.80 bits per heavy atom. The van der Waals surface area contributed by atoms with E-state index in [-0.39, 0.29) is 11.0 Å². The lowest BCUT2D eigenvalue weighted by Gasteiger charge is -2.14. The highest BCUT2D eigenvalue weighted by molar-refractivity contribution is 9.10. The van der Waals surface area contributed by atoms with Gasteiger partial charge in [-0.3, -0.25) is 10.1 Å². The van der Waals surface area contributed by atoms with Crippen LogP contribution in [0.25, 0.3) is 0 Å². The lowest BCUT2D eigenvalue weighted by atomic mass is 10.2. The third-order valence-electron chi connectivity index (χ3n) is 3.99. The van der Waals surface area contributed by atoms with E-state index < -0.39 is 0 Å². The van der Waals surface area contributed by atoms with Crippen LogP contribution in [0.5, 0.6) is 17.2 Å². The monoisotopic (exact) mass is 514 g/mol. The molecular weight excluding hydrogens is 492 g/mol. The molecule has 30 heavy (non-hydrogen) atoms. The Labute approximate surface area is 195 Å². The summed E-state index contributed by atoms with van der Waals surface area (Å²) in [5.74, 6) is 1.85. The quantitative estimate of drug-likeness (QED) is 0.485. The molecule has 0 aliphatic carbocycles. The van der Waals surface area contributed by atoms with Crippen molar-refractivity contribution >= 4 is 50.8 Å². The number of hydrogen-bond acceptors (Lipinski definition) is 5. The van der Waals surface area contributed by atoms with E-state index in [2.05, 4.69) is 40.4 Å². The molecule has 0 aromatic heterocycles. The molecule has 2 N–H and O–H groups in total. The zero-order chi connectivity index (χ0) is 22.3. The average molecular weight is 516 g/mol. The Balaban J connectivity index is 1.97. The van der Waals surface area contributed by atoms with E-state index in [4.69, 9.17) is 38.0 Å². The second-order valence-electron chi connectivity index (χ2n) is 6.79. The van der Waals surface area contributed by atoms with Gasteiger partial charge in [0, 0.05) is 23.2 Å². The van der Waals surface area contributed by atoms with Crippen molar-refractivity contribution in [3.05, 3.63) is 51.0 Å². The smallest absolute Gasteiger partial charge is 0.257 e. The Kier molecular flexibility index (Phi) is 9.20. The summed E-state index contributed by atoms with van der Waals surface area (Å²) >= 11 is 14.9. The highest BCUT2D eigenvalue weighted by atomic mass is 79.9. The van der Waals surface area contributed by atoms with E-state index in [1.807, 2.05) is 0 Å². The standard InChI is InChI=1S/C21H24BrClN2O4S/c1-12(2)11-29-17-6-5-13(7-15(17)22)20(26)25-21(30)24-10-14-8-18(27-3)19(28-4)9-16(14)23/h5-9,12H,10-11H2,1-4H3,(H2,24,25,26,30). The molecule has 0 spiro atoms. The number of nitrogens with one attached hydrogen (secondary N) is 2. The van der Waals surface area contributed by atoms with Crippen LogP contribution >= 0.6 is 39.7 Å². The van der Waals surface area contributed by atoms with Crippen molar-refractivity contribution in [3.8, 4) is 17.2 Å². The Morgan fingerprint density at radius 3 is 2.40 bits per heavy atom. The Bertz CT molecular complexity index is 924. The fourth-order valence-corrected chi connectivity index (χ4v) is 3.32. The summed E-state index contributed by atoms with van der Waals surface area (Å²) in [6.45, 7) is 5.04. The molecule has 0 fully saturated rings. The number of methoxy groups -OCH3 is 2. The van der Waals surface area contributed by atoms with Crippen LogP contribution in [0.4, 0.5) is 0 Å². The number of thiocarbonyl (C=S) groups is 1. The first-order valence-electron chi connectivity index (χ1n) is 9.17. The molecule has 0 saturated heterocycles. The maximum atomic E-state index is 12.5. The molecule has 162 valence electrons. The largest absolute Gasteiger partial charge is 0.493 e. The number of halogens is 2. The Morgan fingerprint density at radius 1 is 1.13 bits per heavy atom. The van der Waals surface area contributed by atoms with Crippen molar-refractivity contribution in [2.75, 3.05) is 20.8 Å². The first-order chi connectivity index (χ1) is 14.2. The molecule has 2 rings (SSSR count). The first-order valence-corrected chi connectivity index (χ1v) is 10.7. The number of amides is 1. The molecule has 2 aromatic rings. The van der Waals surface area contributed by atoms with E-state index in [9.17, 15) is 4.79 Å². The van der Waals surface area contributed by atoms with Gasteiger partial charge in [0.25, 0.3) is 5.91 Å². The van der Waals surface area contributed by atoms with E-state index in [1.165, 1.54) is 7.11 Å². The van der Waals surface area contributed by atoms with Gasteiger partial charge in [0.2, 0.25) is 0 Å². The van der Waals surface area contributed by atoms with Gasteiger partial charge in [-0.15, -0.1) is 0 Å². The molecule has 0 heterocycles. The van der Waals surface area contributed by atoms with Crippen LogP contribution in [0.2, 0.25) is 5.02 Å². The van der Waals surface area contributed by atoms with Crippen LogP contribution in [-0.4, -0.2) is 31.8 Å². The molecule has 0 saturated carbocycles. The molecule has 0 radical (unpaired) electrons. The van der Waals surface area contributed by atoms with E-state index in [1.54, 1.807) is 37.4 Å². The number of ether oxygens (including phenoxy) is 3. The number of carbonyl (C=O) groups excluding carboxylic acids is 1. The van der Waals surface area contributed by atoms with Gasteiger partial charge < -0.3 is 19.5 Å². The molecule has 1 amide bonds. The van der Waals surface area contributed by atoms with Gasteiger partial charge in [-0.1, -0.05) is 25.4 Å². The second-order valence-corrected chi connectivity index (χ2v) is 8.46. The van der Waals surface area contributed by atoms with E-state index >= 15 is 0 Å². The number of benzene rings is 2. The van der Waals surface area contributed by atoms with E-state index in [0.717, 1.165) is 5.56 Å². The molecule has 6 nitrogen and oxygen atoms in total. The summed E-state index contributed by atoms with van der Waals surface area (Å²) in [4.78, 5) is 12.5. The molecule has 0 aliphatic heterocycles. The highest BCUT2D eigenvalue weighted by Crippen LogP contribution is 2.33. The molecule has 9 heteroatoms. The zero-order valence-corrected chi connectivity index (χ0v) is 20.3. The predicted molar refractivity (Wildman–Crippen MR) is 126 cm³/mol. The SMILES string of the molecule is COc1cc(Cl)c(CNC(=S)NC(=O)c2ccc(OCC(C)C)c(Br)c2)cc1OC. The van der Waals surface area contributed by atoms with Gasteiger partial charge in [-0.2, -0.15) is 0 Å². The molecular formula is C21H24BrClN2O4S. The third kappa shape index (κ3) is 6.75. The minimum atomic E-state index is -0.331. The van der Waals surface area contributed by atoms with Gasteiger partial charge in [0.05, 0.1) is 25.3 Å². The van der Waals surface area contributed by atoms with Crippen LogP contribution in [0, 0.1) is 5.92 Å². The summed E-state index contributed by atoms with van der Waals surface area (Å²) in [5.41, 5.74) is 1.20. The minimum absolute atomic E-state index is 0.183. The summed E-state index contributed by atoms with van der Waals surface area (Å²) < 4.78 is 16.9.